The number of carbonyl (C=O) groups is 1. The van der Waals surface area contributed by atoms with Gasteiger partial charge in [0.05, 0.1) is 0 Å². The van der Waals surface area contributed by atoms with Gasteiger partial charge in [-0.15, -0.1) is 12.6 Å². The number of carbonyl (C=O) groups excluding carboxylic acids is 1. The Morgan fingerprint density at radius 2 is 1.60 bits per heavy atom. The van der Waals surface area contributed by atoms with Crippen LogP contribution < -0.4 is 5.46 Å². The Morgan fingerprint density at radius 1 is 1.00 bits per heavy atom. The average Bonchev–Trinajstić information content (AvgIpc) is 3.19. The van der Waals surface area contributed by atoms with Gasteiger partial charge in [-0.2, -0.15) is 0 Å². The van der Waals surface area contributed by atoms with Gasteiger partial charge in [0.15, 0.2) is 0 Å². The van der Waals surface area contributed by atoms with E-state index in [1.54, 1.807) is 11.0 Å². The smallest absolute Gasteiger partial charge is 0.448 e. The van der Waals surface area contributed by atoms with Crippen LogP contribution in [-0.4, -0.2) is 65.8 Å². The van der Waals surface area contributed by atoms with E-state index in [1.165, 1.54) is 22.3 Å². The van der Waals surface area contributed by atoms with Crippen LogP contribution in [0.1, 0.15) is 28.2 Å². The summed E-state index contributed by atoms with van der Waals surface area (Å²) in [7, 11) is -1.52. The van der Waals surface area contributed by atoms with Crippen molar-refractivity contribution in [2.45, 2.75) is 24.3 Å². The maximum Gasteiger partial charge on any atom is 0.488 e. The molecule has 0 aromatic heterocycles. The Balaban J connectivity index is 1.18. The minimum absolute atomic E-state index is 0.0557. The van der Waals surface area contributed by atoms with Crippen molar-refractivity contribution in [1.82, 2.24) is 9.80 Å². The molecule has 3 aromatic carbocycles. The van der Waals surface area contributed by atoms with Crippen molar-refractivity contribution in [1.29, 1.82) is 0 Å². The summed E-state index contributed by atoms with van der Waals surface area (Å²) in [4.78, 5) is 17.7. The molecule has 6 nitrogen and oxygen atoms in total. The normalized spacial score (nSPS) is 15.6. The van der Waals surface area contributed by atoms with Crippen molar-refractivity contribution >= 4 is 31.3 Å². The van der Waals surface area contributed by atoms with Crippen LogP contribution >= 0.6 is 12.6 Å². The largest absolute Gasteiger partial charge is 0.488 e. The van der Waals surface area contributed by atoms with Gasteiger partial charge in [-0.1, -0.05) is 54.6 Å². The number of hydrogen-bond acceptors (Lipinski definition) is 6. The highest BCUT2D eigenvalue weighted by Gasteiger charge is 2.30. The maximum absolute atomic E-state index is 12.9. The van der Waals surface area contributed by atoms with Crippen LogP contribution in [0.4, 0.5) is 4.79 Å². The molecule has 1 aliphatic heterocycles. The zero-order valence-corrected chi connectivity index (χ0v) is 20.6. The summed E-state index contributed by atoms with van der Waals surface area (Å²) < 4.78 is 5.81. The molecule has 0 saturated carbocycles. The lowest BCUT2D eigenvalue weighted by molar-refractivity contribution is 0.0728. The predicted octanol–water partition coefficient (Wildman–Crippen LogP) is 3.03. The van der Waals surface area contributed by atoms with Crippen molar-refractivity contribution in [3.8, 4) is 11.1 Å². The number of ether oxygens (including phenoxy) is 1. The molecule has 8 heteroatoms. The Bertz CT molecular complexity index is 1200. The molecule has 1 fully saturated rings. The van der Waals surface area contributed by atoms with Crippen LogP contribution in [0.3, 0.4) is 0 Å². The van der Waals surface area contributed by atoms with E-state index in [4.69, 9.17) is 4.74 Å². The summed E-state index contributed by atoms with van der Waals surface area (Å²) in [6.45, 7) is 5.59. The number of hydrogen-bond donors (Lipinski definition) is 3. The van der Waals surface area contributed by atoms with Gasteiger partial charge in [-0.25, -0.2) is 4.79 Å². The number of rotatable bonds is 5. The van der Waals surface area contributed by atoms with E-state index in [0.29, 0.717) is 31.7 Å². The van der Waals surface area contributed by atoms with Crippen LogP contribution in [0.5, 0.6) is 0 Å². The second kappa shape index (κ2) is 10.1. The van der Waals surface area contributed by atoms with Gasteiger partial charge in [-0.3, -0.25) is 4.90 Å². The first-order valence-corrected chi connectivity index (χ1v) is 12.4. The van der Waals surface area contributed by atoms with E-state index in [0.717, 1.165) is 29.1 Å². The van der Waals surface area contributed by atoms with Gasteiger partial charge < -0.3 is 19.7 Å². The zero-order chi connectivity index (χ0) is 24.5. The molecule has 0 spiro atoms. The summed E-state index contributed by atoms with van der Waals surface area (Å²) in [6.07, 6.45) is -0.272. The molecule has 2 aliphatic rings. The van der Waals surface area contributed by atoms with Gasteiger partial charge in [0.1, 0.15) is 6.61 Å². The minimum Gasteiger partial charge on any atom is -0.448 e. The third-order valence-electron chi connectivity index (χ3n) is 7.17. The minimum atomic E-state index is -1.52. The standard InChI is InChI=1S/C27H29BN2O4S/c1-18-19(14-20(28(32)33)15-26(18)35)16-29-10-12-30(13-11-29)27(31)34-17-25-23-8-4-2-6-21(23)22-7-3-5-9-24(22)25/h2-9,14-15,25,32-33,35H,10-13,16-17H2,1H3. The Hall–Kier alpha value is -2.78. The molecule has 3 aromatic rings. The molecule has 180 valence electrons. The summed E-state index contributed by atoms with van der Waals surface area (Å²) >= 11 is 4.48. The van der Waals surface area contributed by atoms with Crippen LogP contribution in [0.25, 0.3) is 11.1 Å². The van der Waals surface area contributed by atoms with Crippen LogP contribution in [0.2, 0.25) is 0 Å². The van der Waals surface area contributed by atoms with E-state index >= 15 is 0 Å². The molecular weight excluding hydrogens is 459 g/mol. The second-order valence-corrected chi connectivity index (χ2v) is 9.75. The highest BCUT2D eigenvalue weighted by atomic mass is 32.1. The Morgan fingerprint density at radius 3 is 2.20 bits per heavy atom. The summed E-state index contributed by atoms with van der Waals surface area (Å²) in [5.41, 5.74) is 7.33. The molecule has 0 radical (unpaired) electrons. The molecule has 2 N–H and O–H groups in total. The number of piperazine rings is 1. The fourth-order valence-electron chi connectivity index (χ4n) is 5.11. The quantitative estimate of drug-likeness (QED) is 0.381. The molecule has 1 heterocycles. The van der Waals surface area contributed by atoms with Crippen molar-refractivity contribution < 1.29 is 19.6 Å². The topological polar surface area (TPSA) is 73.2 Å². The Labute approximate surface area is 211 Å². The first-order valence-electron chi connectivity index (χ1n) is 11.9. The van der Waals surface area contributed by atoms with Crippen molar-refractivity contribution in [3.05, 3.63) is 82.9 Å². The first-order chi connectivity index (χ1) is 16.9. The first kappa shape index (κ1) is 23.9. The molecule has 0 bridgehead atoms. The second-order valence-electron chi connectivity index (χ2n) is 9.27. The lowest BCUT2D eigenvalue weighted by Crippen LogP contribution is -2.48. The SMILES string of the molecule is Cc1c(S)cc(B(O)O)cc1CN1CCN(C(=O)OCC2c3ccccc3-c3ccccc32)CC1. The molecule has 0 atom stereocenters. The number of nitrogens with zero attached hydrogens (tertiary/aromatic N) is 2. The molecule has 1 aliphatic carbocycles. The highest BCUT2D eigenvalue weighted by molar-refractivity contribution is 7.80. The summed E-state index contributed by atoms with van der Waals surface area (Å²) in [5, 5.41) is 19.1. The van der Waals surface area contributed by atoms with Gasteiger partial charge in [0.2, 0.25) is 0 Å². The molecule has 0 unspecified atom stereocenters. The third kappa shape index (κ3) is 4.84. The number of benzene rings is 3. The van der Waals surface area contributed by atoms with Crippen LogP contribution in [0, 0.1) is 6.92 Å². The van der Waals surface area contributed by atoms with E-state index in [2.05, 4.69) is 41.8 Å². The lowest BCUT2D eigenvalue weighted by Gasteiger charge is -2.34. The average molecular weight is 488 g/mol. The van der Waals surface area contributed by atoms with E-state index in [-0.39, 0.29) is 12.0 Å². The summed E-state index contributed by atoms with van der Waals surface area (Å²) in [5.74, 6) is 0.0557. The molecule has 1 saturated heterocycles. The van der Waals surface area contributed by atoms with Crippen molar-refractivity contribution in [3.63, 3.8) is 0 Å². The van der Waals surface area contributed by atoms with Crippen LogP contribution in [0.15, 0.2) is 65.6 Å². The monoisotopic (exact) mass is 488 g/mol. The van der Waals surface area contributed by atoms with E-state index in [9.17, 15) is 14.8 Å². The highest BCUT2D eigenvalue weighted by Crippen LogP contribution is 2.44. The van der Waals surface area contributed by atoms with Crippen molar-refractivity contribution in [2.24, 2.45) is 0 Å². The van der Waals surface area contributed by atoms with E-state index < -0.39 is 7.12 Å². The van der Waals surface area contributed by atoms with Gasteiger partial charge >= 0.3 is 13.2 Å². The van der Waals surface area contributed by atoms with Gasteiger partial charge in [0.25, 0.3) is 0 Å². The maximum atomic E-state index is 12.9. The van der Waals surface area contributed by atoms with Crippen molar-refractivity contribution in [2.75, 3.05) is 32.8 Å². The summed E-state index contributed by atoms with van der Waals surface area (Å²) in [6, 6.07) is 20.2. The molecular formula is C27H29BN2O4S. The third-order valence-corrected chi connectivity index (χ3v) is 7.63. The molecule has 5 rings (SSSR count). The number of amides is 1. The zero-order valence-electron chi connectivity index (χ0n) is 19.7. The van der Waals surface area contributed by atoms with Gasteiger partial charge in [0, 0.05) is 43.5 Å². The fourth-order valence-corrected chi connectivity index (χ4v) is 5.40. The predicted molar refractivity (Wildman–Crippen MR) is 140 cm³/mol. The molecule has 35 heavy (non-hydrogen) atoms. The fraction of sp³-hybridized carbons (Fsp3) is 0.296. The number of fused-ring (bicyclic) bond motifs is 3. The van der Waals surface area contributed by atoms with Crippen LogP contribution in [-0.2, 0) is 11.3 Å². The van der Waals surface area contributed by atoms with Gasteiger partial charge in [-0.05, 0) is 51.8 Å². The number of thiol groups is 1. The lowest BCUT2D eigenvalue weighted by atomic mass is 9.79. The molecule has 1 amide bonds. The van der Waals surface area contributed by atoms with E-state index in [1.807, 2.05) is 37.3 Å². The Kier molecular flexibility index (Phi) is 6.89.